The summed E-state index contributed by atoms with van der Waals surface area (Å²) in [7, 11) is 0. The van der Waals surface area contributed by atoms with Crippen LogP contribution in [0, 0.1) is 0 Å². The molecule has 0 bridgehead atoms. The summed E-state index contributed by atoms with van der Waals surface area (Å²) in [5.41, 5.74) is 1.82. The van der Waals surface area contributed by atoms with Crippen LogP contribution in [0.5, 0.6) is 5.75 Å². The fraction of sp³-hybridized carbons (Fsp3) is 0.462. The maximum absolute atomic E-state index is 13.3. The van der Waals surface area contributed by atoms with Crippen LogP contribution in [-0.4, -0.2) is 35.9 Å². The fourth-order valence-corrected chi connectivity index (χ4v) is 3.63. The van der Waals surface area contributed by atoms with Gasteiger partial charge in [-0.3, -0.25) is 9.59 Å². The Kier molecular flexibility index (Phi) is 9.58. The topological polar surface area (TPSA) is 58.6 Å². The molecule has 2 aromatic rings. The molecule has 0 aliphatic heterocycles. The second-order valence-electron chi connectivity index (χ2n) is 8.90. The highest BCUT2D eigenvalue weighted by molar-refractivity contribution is 6.30. The van der Waals surface area contributed by atoms with Crippen molar-refractivity contribution in [2.45, 2.75) is 65.5 Å². The van der Waals surface area contributed by atoms with Gasteiger partial charge >= 0.3 is 0 Å². The van der Waals surface area contributed by atoms with Crippen LogP contribution < -0.4 is 10.1 Å². The van der Waals surface area contributed by atoms with E-state index >= 15 is 0 Å². The van der Waals surface area contributed by atoms with E-state index in [-0.39, 0.29) is 23.8 Å². The minimum absolute atomic E-state index is 0.116. The Morgan fingerprint density at radius 2 is 1.72 bits per heavy atom. The molecule has 0 radical (unpaired) electrons. The average Bonchev–Trinajstić information content (AvgIpc) is 2.76. The van der Waals surface area contributed by atoms with E-state index in [9.17, 15) is 9.59 Å². The predicted octanol–water partition coefficient (Wildman–Crippen LogP) is 5.35. The summed E-state index contributed by atoms with van der Waals surface area (Å²) < 4.78 is 5.97. The second kappa shape index (κ2) is 11.9. The van der Waals surface area contributed by atoms with Crippen molar-refractivity contribution in [2.75, 3.05) is 13.2 Å². The summed E-state index contributed by atoms with van der Waals surface area (Å²) in [6.07, 6.45) is 1.34. The number of amides is 2. The summed E-state index contributed by atoms with van der Waals surface area (Å²) >= 11 is 6.01. The average molecular weight is 459 g/mol. The zero-order valence-corrected chi connectivity index (χ0v) is 20.5. The first-order valence-electron chi connectivity index (χ1n) is 11.2. The number of carbonyl (C=O) groups is 2. The molecule has 0 saturated carbocycles. The molecule has 0 aliphatic rings. The molecule has 1 unspecified atom stereocenters. The minimum atomic E-state index is -0.578. The van der Waals surface area contributed by atoms with E-state index < -0.39 is 6.04 Å². The van der Waals surface area contributed by atoms with Crippen LogP contribution in [0.2, 0.25) is 5.02 Å². The zero-order valence-electron chi connectivity index (χ0n) is 19.8. The largest absolute Gasteiger partial charge is 0.483 e. The van der Waals surface area contributed by atoms with Crippen LogP contribution in [-0.2, 0) is 21.5 Å². The van der Waals surface area contributed by atoms with Crippen molar-refractivity contribution in [3.8, 4) is 5.75 Å². The van der Waals surface area contributed by atoms with Gasteiger partial charge in [-0.2, -0.15) is 0 Å². The number of ether oxygens (including phenoxy) is 1. The van der Waals surface area contributed by atoms with Gasteiger partial charge in [0.15, 0.2) is 6.61 Å². The highest BCUT2D eigenvalue weighted by atomic mass is 35.5. The third-order valence-corrected chi connectivity index (χ3v) is 5.50. The molecule has 0 saturated heterocycles. The third kappa shape index (κ3) is 7.27. The standard InChI is InChI=1S/C26H35ClN2O3/c1-6-16-28-25(31)22(7-2)29(17-19-12-14-20(27)15-13-19)24(30)18-32-23-11-9-8-10-21(23)26(3,4)5/h8-15,22H,6-7,16-18H2,1-5H3,(H,28,31). The SMILES string of the molecule is CCCNC(=O)C(CC)N(Cc1ccc(Cl)cc1)C(=O)COc1ccccc1C(C)(C)C. The molecule has 2 amide bonds. The zero-order chi connectivity index (χ0) is 23.7. The highest BCUT2D eigenvalue weighted by Crippen LogP contribution is 2.31. The number of para-hydroxylation sites is 1. The molecule has 0 fully saturated rings. The van der Waals surface area contributed by atoms with E-state index in [0.29, 0.717) is 30.3 Å². The number of nitrogens with zero attached hydrogens (tertiary/aromatic N) is 1. The van der Waals surface area contributed by atoms with Crippen LogP contribution in [0.25, 0.3) is 0 Å². The van der Waals surface area contributed by atoms with Crippen molar-refractivity contribution in [2.24, 2.45) is 0 Å². The number of halogens is 1. The summed E-state index contributed by atoms with van der Waals surface area (Å²) in [6.45, 7) is 11.0. The van der Waals surface area contributed by atoms with Gasteiger partial charge in [0.1, 0.15) is 11.8 Å². The summed E-state index contributed by atoms with van der Waals surface area (Å²) in [6, 6.07) is 14.5. The summed E-state index contributed by atoms with van der Waals surface area (Å²) in [4.78, 5) is 27.7. The lowest BCUT2D eigenvalue weighted by Gasteiger charge is -2.31. The van der Waals surface area contributed by atoms with Gasteiger partial charge in [-0.15, -0.1) is 0 Å². The van der Waals surface area contributed by atoms with Gasteiger partial charge in [0, 0.05) is 18.1 Å². The lowest BCUT2D eigenvalue weighted by Crippen LogP contribution is -2.50. The molecule has 2 rings (SSSR count). The summed E-state index contributed by atoms with van der Waals surface area (Å²) in [5.74, 6) is 0.303. The van der Waals surface area contributed by atoms with Crippen molar-refractivity contribution in [3.05, 3.63) is 64.7 Å². The maximum Gasteiger partial charge on any atom is 0.261 e. The first kappa shape index (κ1) is 25.7. The monoisotopic (exact) mass is 458 g/mol. The second-order valence-corrected chi connectivity index (χ2v) is 9.33. The normalized spacial score (nSPS) is 12.2. The number of nitrogens with one attached hydrogen (secondary N) is 1. The Bertz CT molecular complexity index is 891. The van der Waals surface area contributed by atoms with E-state index in [4.69, 9.17) is 16.3 Å². The molecule has 0 aliphatic carbocycles. The first-order valence-corrected chi connectivity index (χ1v) is 11.6. The fourth-order valence-electron chi connectivity index (χ4n) is 3.51. The van der Waals surface area contributed by atoms with Gasteiger partial charge in [-0.25, -0.2) is 0 Å². The number of rotatable bonds is 10. The molecule has 1 N–H and O–H groups in total. The minimum Gasteiger partial charge on any atom is -0.483 e. The van der Waals surface area contributed by atoms with Crippen molar-refractivity contribution < 1.29 is 14.3 Å². The molecule has 5 nitrogen and oxygen atoms in total. The summed E-state index contributed by atoms with van der Waals surface area (Å²) in [5, 5.41) is 3.55. The van der Waals surface area contributed by atoms with Crippen molar-refractivity contribution in [3.63, 3.8) is 0 Å². The smallest absolute Gasteiger partial charge is 0.261 e. The van der Waals surface area contributed by atoms with Crippen molar-refractivity contribution in [1.82, 2.24) is 10.2 Å². The molecule has 0 aromatic heterocycles. The first-order chi connectivity index (χ1) is 15.2. The van der Waals surface area contributed by atoms with Crippen LogP contribution in [0.3, 0.4) is 0 Å². The maximum atomic E-state index is 13.3. The van der Waals surface area contributed by atoms with E-state index in [0.717, 1.165) is 17.5 Å². The van der Waals surface area contributed by atoms with Gasteiger partial charge < -0.3 is 15.0 Å². The van der Waals surface area contributed by atoms with Gasteiger partial charge in [0.25, 0.3) is 5.91 Å². The van der Waals surface area contributed by atoms with Gasteiger partial charge in [-0.1, -0.05) is 76.6 Å². The lowest BCUT2D eigenvalue weighted by atomic mass is 9.86. The number of benzene rings is 2. The molecular formula is C26H35ClN2O3. The van der Waals surface area contributed by atoms with Crippen molar-refractivity contribution in [1.29, 1.82) is 0 Å². The van der Waals surface area contributed by atoms with E-state index in [2.05, 4.69) is 26.1 Å². The Labute approximate surface area is 197 Å². The van der Waals surface area contributed by atoms with Gasteiger partial charge in [0.2, 0.25) is 5.91 Å². The van der Waals surface area contributed by atoms with Crippen molar-refractivity contribution >= 4 is 23.4 Å². The molecule has 32 heavy (non-hydrogen) atoms. The van der Waals surface area contributed by atoms with E-state index in [1.54, 1.807) is 17.0 Å². The number of hydrogen-bond acceptors (Lipinski definition) is 3. The molecule has 0 heterocycles. The van der Waals surface area contributed by atoms with Gasteiger partial charge in [-0.05, 0) is 47.6 Å². The number of carbonyl (C=O) groups excluding carboxylic acids is 2. The van der Waals surface area contributed by atoms with Crippen LogP contribution in [0.4, 0.5) is 0 Å². The van der Waals surface area contributed by atoms with E-state index in [1.807, 2.05) is 50.2 Å². The molecule has 1 atom stereocenters. The number of hydrogen-bond donors (Lipinski definition) is 1. The molecule has 6 heteroatoms. The third-order valence-electron chi connectivity index (χ3n) is 5.25. The van der Waals surface area contributed by atoms with Gasteiger partial charge in [0.05, 0.1) is 0 Å². The molecular weight excluding hydrogens is 424 g/mol. The van der Waals surface area contributed by atoms with Crippen LogP contribution >= 0.6 is 11.6 Å². The van der Waals surface area contributed by atoms with Crippen LogP contribution in [0.1, 0.15) is 58.6 Å². The Balaban J connectivity index is 2.25. The molecule has 174 valence electrons. The molecule has 0 spiro atoms. The Morgan fingerprint density at radius 1 is 1.06 bits per heavy atom. The van der Waals surface area contributed by atoms with Crippen LogP contribution in [0.15, 0.2) is 48.5 Å². The Morgan fingerprint density at radius 3 is 2.31 bits per heavy atom. The Hall–Kier alpha value is -2.53. The molecule has 2 aromatic carbocycles. The lowest BCUT2D eigenvalue weighted by molar-refractivity contribution is -0.143. The highest BCUT2D eigenvalue weighted by Gasteiger charge is 2.29. The predicted molar refractivity (Wildman–Crippen MR) is 130 cm³/mol. The quantitative estimate of drug-likeness (QED) is 0.522. The van der Waals surface area contributed by atoms with E-state index in [1.165, 1.54) is 0 Å².